The van der Waals surface area contributed by atoms with Gasteiger partial charge in [0.2, 0.25) is 10.0 Å². The van der Waals surface area contributed by atoms with Crippen molar-refractivity contribution in [1.29, 1.82) is 0 Å². The van der Waals surface area contributed by atoms with Crippen LogP contribution in [0.25, 0.3) is 0 Å². The standard InChI is InChI=1S/C15H16ClNO4S3/c16-12-4-1-2-6-14(12)24(20,21)17-8-7-15(13-5-3-10-22-13)23(18,19)11-9-17/h1-6,10,15H,7-9,11H2. The summed E-state index contributed by atoms with van der Waals surface area (Å²) in [5.41, 5.74) is 0. The van der Waals surface area contributed by atoms with Crippen molar-refractivity contribution in [2.45, 2.75) is 16.6 Å². The van der Waals surface area contributed by atoms with Gasteiger partial charge in [-0.25, -0.2) is 16.8 Å². The van der Waals surface area contributed by atoms with Gasteiger partial charge >= 0.3 is 0 Å². The first kappa shape index (κ1) is 17.9. The van der Waals surface area contributed by atoms with Gasteiger partial charge in [0.05, 0.1) is 16.0 Å². The molecular weight excluding hydrogens is 390 g/mol. The topological polar surface area (TPSA) is 71.5 Å². The summed E-state index contributed by atoms with van der Waals surface area (Å²) < 4.78 is 51.9. The second-order valence-electron chi connectivity index (χ2n) is 5.49. The molecule has 1 aromatic carbocycles. The van der Waals surface area contributed by atoms with Crippen LogP contribution in [0.2, 0.25) is 5.02 Å². The number of thiophene rings is 1. The van der Waals surface area contributed by atoms with E-state index in [0.717, 1.165) is 4.88 Å². The quantitative estimate of drug-likeness (QED) is 0.787. The Balaban J connectivity index is 1.92. The van der Waals surface area contributed by atoms with Crippen molar-refractivity contribution in [3.63, 3.8) is 0 Å². The van der Waals surface area contributed by atoms with Crippen LogP contribution < -0.4 is 0 Å². The molecule has 1 unspecified atom stereocenters. The summed E-state index contributed by atoms with van der Waals surface area (Å²) in [6.07, 6.45) is 0.243. The Morgan fingerprint density at radius 1 is 1.12 bits per heavy atom. The molecule has 130 valence electrons. The molecule has 2 heterocycles. The first-order valence-corrected chi connectivity index (χ1v) is 11.7. The molecule has 24 heavy (non-hydrogen) atoms. The largest absolute Gasteiger partial charge is 0.244 e. The molecule has 0 bridgehead atoms. The lowest BCUT2D eigenvalue weighted by Gasteiger charge is -2.20. The first-order valence-electron chi connectivity index (χ1n) is 7.32. The zero-order valence-corrected chi connectivity index (χ0v) is 15.8. The molecule has 0 aliphatic carbocycles. The lowest BCUT2D eigenvalue weighted by Crippen LogP contribution is -2.33. The van der Waals surface area contributed by atoms with E-state index >= 15 is 0 Å². The van der Waals surface area contributed by atoms with Crippen LogP contribution >= 0.6 is 22.9 Å². The van der Waals surface area contributed by atoms with Crippen LogP contribution in [-0.4, -0.2) is 40.0 Å². The third-order valence-corrected chi connectivity index (χ3v) is 9.66. The van der Waals surface area contributed by atoms with Crippen molar-refractivity contribution in [3.05, 3.63) is 51.7 Å². The molecule has 5 nitrogen and oxygen atoms in total. The van der Waals surface area contributed by atoms with Gasteiger partial charge in [-0.05, 0) is 30.0 Å². The SMILES string of the molecule is O=S1(=O)CCN(S(=O)(=O)c2ccccc2Cl)CCC1c1cccs1. The van der Waals surface area contributed by atoms with Crippen LogP contribution in [0.1, 0.15) is 16.5 Å². The fourth-order valence-electron chi connectivity index (χ4n) is 2.75. The Morgan fingerprint density at radius 3 is 2.54 bits per heavy atom. The van der Waals surface area contributed by atoms with Crippen LogP contribution in [0, 0.1) is 0 Å². The molecule has 2 aromatic rings. The Labute approximate surface area is 150 Å². The van der Waals surface area contributed by atoms with E-state index in [2.05, 4.69) is 0 Å². The van der Waals surface area contributed by atoms with Gasteiger partial charge in [0.25, 0.3) is 0 Å². The van der Waals surface area contributed by atoms with E-state index in [9.17, 15) is 16.8 Å². The molecule has 3 rings (SSSR count). The van der Waals surface area contributed by atoms with Gasteiger partial charge < -0.3 is 0 Å². The average Bonchev–Trinajstić information content (AvgIpc) is 2.98. The van der Waals surface area contributed by atoms with Gasteiger partial charge in [0.1, 0.15) is 4.90 Å². The number of nitrogens with zero attached hydrogens (tertiary/aromatic N) is 1. The van der Waals surface area contributed by atoms with E-state index in [4.69, 9.17) is 11.6 Å². The zero-order chi connectivity index (χ0) is 17.4. The van der Waals surface area contributed by atoms with Gasteiger partial charge in [-0.15, -0.1) is 11.3 Å². The van der Waals surface area contributed by atoms with Gasteiger partial charge in [-0.1, -0.05) is 29.8 Å². The Kier molecular flexibility index (Phi) is 5.04. The number of rotatable bonds is 3. The summed E-state index contributed by atoms with van der Waals surface area (Å²) in [6, 6.07) is 9.79. The highest BCUT2D eigenvalue weighted by Crippen LogP contribution is 2.34. The van der Waals surface area contributed by atoms with Gasteiger partial charge in [0.15, 0.2) is 9.84 Å². The third-order valence-electron chi connectivity index (χ3n) is 4.01. The maximum atomic E-state index is 12.8. The van der Waals surface area contributed by atoms with Crippen molar-refractivity contribution < 1.29 is 16.8 Å². The van der Waals surface area contributed by atoms with Crippen molar-refractivity contribution >= 4 is 42.8 Å². The average molecular weight is 406 g/mol. The number of benzene rings is 1. The minimum Gasteiger partial charge on any atom is -0.228 e. The van der Waals surface area contributed by atoms with Crippen molar-refractivity contribution in [3.8, 4) is 0 Å². The normalized spacial score (nSPS) is 22.1. The third kappa shape index (κ3) is 3.39. The molecule has 1 fully saturated rings. The fraction of sp³-hybridized carbons (Fsp3) is 0.333. The number of sulfonamides is 1. The summed E-state index contributed by atoms with van der Waals surface area (Å²) in [7, 11) is -7.22. The van der Waals surface area contributed by atoms with Crippen LogP contribution in [0.3, 0.4) is 0 Å². The van der Waals surface area contributed by atoms with E-state index < -0.39 is 25.1 Å². The van der Waals surface area contributed by atoms with Crippen molar-refractivity contribution in [2.75, 3.05) is 18.8 Å². The molecule has 9 heteroatoms. The molecule has 0 radical (unpaired) electrons. The summed E-state index contributed by atoms with van der Waals surface area (Å²) >= 11 is 7.39. The second kappa shape index (κ2) is 6.76. The highest BCUT2D eigenvalue weighted by atomic mass is 35.5. The van der Waals surface area contributed by atoms with Gasteiger partial charge in [-0.3, -0.25) is 0 Å². The highest BCUT2D eigenvalue weighted by Gasteiger charge is 2.36. The lowest BCUT2D eigenvalue weighted by atomic mass is 10.2. The van der Waals surface area contributed by atoms with Crippen molar-refractivity contribution in [1.82, 2.24) is 4.31 Å². The van der Waals surface area contributed by atoms with Crippen LogP contribution in [-0.2, 0) is 19.9 Å². The molecule has 1 aliphatic heterocycles. The summed E-state index contributed by atoms with van der Waals surface area (Å²) in [4.78, 5) is 0.769. The zero-order valence-electron chi connectivity index (χ0n) is 12.6. The molecule has 1 aromatic heterocycles. The summed E-state index contributed by atoms with van der Waals surface area (Å²) in [5.74, 6) is -0.195. The molecule has 0 amide bonds. The Morgan fingerprint density at radius 2 is 1.88 bits per heavy atom. The Hall–Kier alpha value is -0.930. The molecular formula is C15H16ClNO4S3. The van der Waals surface area contributed by atoms with Crippen LogP contribution in [0.15, 0.2) is 46.7 Å². The maximum Gasteiger partial charge on any atom is 0.244 e. The number of sulfone groups is 1. The monoisotopic (exact) mass is 405 g/mol. The molecule has 1 aliphatic rings. The molecule has 0 saturated carbocycles. The predicted octanol–water partition coefficient (Wildman–Crippen LogP) is 2.95. The molecule has 1 saturated heterocycles. The number of hydrogen-bond donors (Lipinski definition) is 0. The second-order valence-corrected chi connectivity index (χ2v) is 11.1. The van der Waals surface area contributed by atoms with Crippen molar-refractivity contribution in [2.24, 2.45) is 0 Å². The first-order chi connectivity index (χ1) is 11.3. The fourth-order valence-corrected chi connectivity index (χ4v) is 7.82. The lowest BCUT2D eigenvalue weighted by molar-refractivity contribution is 0.428. The van der Waals surface area contributed by atoms with Crippen LogP contribution in [0.5, 0.6) is 0 Å². The van der Waals surface area contributed by atoms with E-state index in [0.29, 0.717) is 0 Å². The minimum atomic E-state index is -3.82. The number of halogens is 1. The van der Waals surface area contributed by atoms with E-state index in [1.165, 1.54) is 27.8 Å². The van der Waals surface area contributed by atoms with E-state index in [1.807, 2.05) is 5.38 Å². The number of hydrogen-bond acceptors (Lipinski definition) is 5. The van der Waals surface area contributed by atoms with E-state index in [1.54, 1.807) is 24.3 Å². The van der Waals surface area contributed by atoms with Gasteiger partial charge in [-0.2, -0.15) is 4.31 Å². The van der Waals surface area contributed by atoms with E-state index in [-0.39, 0.29) is 35.2 Å². The van der Waals surface area contributed by atoms with Gasteiger partial charge in [0, 0.05) is 18.0 Å². The minimum absolute atomic E-state index is 0.0126. The maximum absolute atomic E-state index is 12.8. The smallest absolute Gasteiger partial charge is 0.228 e. The Bertz CT molecular complexity index is 923. The predicted molar refractivity (Wildman–Crippen MR) is 95.7 cm³/mol. The highest BCUT2D eigenvalue weighted by molar-refractivity contribution is 7.92. The van der Waals surface area contributed by atoms with Crippen LogP contribution in [0.4, 0.5) is 0 Å². The molecule has 0 spiro atoms. The molecule has 0 N–H and O–H groups in total. The molecule has 1 atom stereocenters. The summed E-state index contributed by atoms with van der Waals surface area (Å²) in [5, 5.41) is 1.32. The summed E-state index contributed by atoms with van der Waals surface area (Å²) in [6.45, 7) is 0.0904.